The molecule has 81 heavy (non-hydrogen) atoms. The first kappa shape index (κ1) is 74.6. The van der Waals surface area contributed by atoms with Crippen molar-refractivity contribution in [1.29, 1.82) is 0 Å². The molecule has 0 amide bonds. The van der Waals surface area contributed by atoms with Crippen molar-refractivity contribution in [3.8, 4) is 0 Å². The molecule has 8 atom stereocenters. The van der Waals surface area contributed by atoms with Crippen molar-refractivity contribution < 1.29 is 67.1 Å². The molecule has 0 unspecified atom stereocenters. The normalized spacial score (nSPS) is 23.5. The second kappa shape index (κ2) is 33.6. The summed E-state index contributed by atoms with van der Waals surface area (Å²) in [5.41, 5.74) is 7.59. The Bertz CT molecular complexity index is 2710. The van der Waals surface area contributed by atoms with Gasteiger partial charge in [0.15, 0.2) is 0 Å². The Hall–Kier alpha value is -0.659. The Morgan fingerprint density at radius 3 is 0.963 bits per heavy atom. The largest absolute Gasteiger partial charge is 0.146 e. The molecule has 4 heterocycles. The van der Waals surface area contributed by atoms with Gasteiger partial charge in [-0.3, -0.25) is 0 Å². The first-order valence-corrected chi connectivity index (χ1v) is 40.7. The molecule has 0 nitrogen and oxygen atoms in total. The van der Waals surface area contributed by atoms with Crippen LogP contribution in [0.4, 0.5) is 0 Å². The molecule has 0 bridgehead atoms. The summed E-state index contributed by atoms with van der Waals surface area (Å²) < 4.78 is 0. The summed E-state index contributed by atoms with van der Waals surface area (Å²) in [6.45, 7) is 28.1. The quantitative estimate of drug-likeness (QED) is 0.0946. The molecule has 4 aliphatic rings. The van der Waals surface area contributed by atoms with Crippen LogP contribution < -0.4 is 53.0 Å². The molecule has 3 radical (unpaired) electrons. The Kier molecular flexibility index (Phi) is 31.0. The fourth-order valence-corrected chi connectivity index (χ4v) is 39.3. The van der Waals surface area contributed by atoms with E-state index in [4.69, 9.17) is 0 Å². The van der Waals surface area contributed by atoms with E-state index in [2.05, 4.69) is 270 Å². The van der Waals surface area contributed by atoms with E-state index in [1.165, 1.54) is 83.2 Å². The summed E-state index contributed by atoms with van der Waals surface area (Å²) >= 11 is 0. The smallest absolute Gasteiger partial charge is 0.0776 e. The van der Waals surface area contributed by atoms with Crippen LogP contribution in [-0.2, 0) is 67.1 Å². The number of benzene rings is 7. The second-order valence-electron chi connectivity index (χ2n) is 23.9. The maximum absolute atomic E-state index is 2.67. The molecule has 9 heteroatoms. The molecular weight excluding hydrogens is 1640 g/mol. The van der Waals surface area contributed by atoms with E-state index in [1.807, 2.05) is 21.2 Å². The van der Waals surface area contributed by atoms with Crippen LogP contribution in [0.2, 0.25) is 0 Å². The molecule has 7 aromatic carbocycles. The first-order chi connectivity index (χ1) is 36.2. The molecule has 0 aliphatic carbocycles. The number of rotatable bonds is 10. The summed E-state index contributed by atoms with van der Waals surface area (Å²) in [6.07, 6.45) is 11.7. The predicted molar refractivity (Wildman–Crippen MR) is 378 cm³/mol. The Labute approximate surface area is 548 Å². The first-order valence-electron chi connectivity index (χ1n) is 28.9. The van der Waals surface area contributed by atoms with E-state index < -0.39 is 29.7 Å². The van der Waals surface area contributed by atoms with Gasteiger partial charge >= 0.3 is 0 Å². The molecule has 0 saturated carbocycles. The molecule has 4 saturated heterocycles. The fraction of sp³-hybridized carbons (Fsp3) is 0.417. The summed E-state index contributed by atoms with van der Waals surface area (Å²) in [7, 11) is -5.69. The number of hydrogen-bond donors (Lipinski definition) is 0. The van der Waals surface area contributed by atoms with Gasteiger partial charge in [-0.2, -0.15) is 0 Å². The van der Waals surface area contributed by atoms with Crippen molar-refractivity contribution in [2.45, 2.75) is 174 Å². The van der Waals surface area contributed by atoms with Gasteiger partial charge < -0.3 is 0 Å². The Morgan fingerprint density at radius 1 is 0.358 bits per heavy atom. The molecule has 0 N–H and O–H groups in total. The van der Waals surface area contributed by atoms with Crippen LogP contribution in [-0.4, -0.2) is 65.3 Å². The predicted octanol–water partition coefficient (Wildman–Crippen LogP) is 16.9. The van der Waals surface area contributed by atoms with Gasteiger partial charge in [0.1, 0.15) is 68.2 Å². The minimum Gasteiger partial charge on any atom is -0.0776 e. The van der Waals surface area contributed by atoms with Crippen LogP contribution >= 0.6 is 45.6 Å². The van der Waals surface area contributed by atoms with Gasteiger partial charge in [0.25, 0.3) is 0 Å². The second-order valence-corrected chi connectivity index (χ2v) is 45.7. The maximum atomic E-state index is 2.67. The molecule has 7 aromatic rings. The van der Waals surface area contributed by atoms with Crippen LogP contribution in [0.1, 0.15) is 129 Å². The zero-order valence-electron chi connectivity index (χ0n) is 48.5. The van der Waals surface area contributed by atoms with Crippen LogP contribution in [0.25, 0.3) is 0 Å². The van der Waals surface area contributed by atoms with E-state index in [1.54, 1.807) is 0 Å². The fourth-order valence-electron chi connectivity index (χ4n) is 14.4. The summed E-state index contributed by atoms with van der Waals surface area (Å²) in [4.78, 5) is 0. The average molecular weight is 1750 g/mol. The molecule has 449 valence electrons. The third kappa shape index (κ3) is 15.6. The van der Waals surface area contributed by atoms with Crippen LogP contribution in [0.5, 0.6) is 0 Å². The van der Waals surface area contributed by atoms with Gasteiger partial charge in [-0.05, 0) is 192 Å². The third-order valence-corrected chi connectivity index (χ3v) is 45.8. The zero-order valence-corrected chi connectivity index (χ0v) is 60.7. The maximum Gasteiger partial charge on any atom is 0.146 e. The monoisotopic (exact) mass is 1750 g/mol. The van der Waals surface area contributed by atoms with Crippen molar-refractivity contribution in [2.24, 2.45) is 0 Å². The SMILES string of the molecule is C.C.C.C[C@@H]1CC[C@@H](C)[PH+]1c1ccccc1[P+]1(C)[C@H](C)CC[C@H]1C.C[C@H]1CC[C@H](C)[PH+]1c1ccccc1[P+]1(C)[C@@H](C)CC[C@@H]1C.C[P+](c1ccccc1)(c1ccccc1)c1ccccc1[PH+](c1ccccc1)c1ccccc1.[Au].[Au].[Au]. The zero-order chi connectivity index (χ0) is 52.9. The van der Waals surface area contributed by atoms with Gasteiger partial charge in [-0.15, -0.1) is 0 Å². The van der Waals surface area contributed by atoms with E-state index in [-0.39, 0.29) is 105 Å². The minimum absolute atomic E-state index is 0. The molecule has 0 aromatic heterocycles. The van der Waals surface area contributed by atoms with Crippen LogP contribution in [0, 0.1) is 0 Å². The molecule has 11 rings (SSSR count). The van der Waals surface area contributed by atoms with Crippen molar-refractivity contribution in [3.63, 3.8) is 0 Å². The third-order valence-electron chi connectivity index (χ3n) is 19.6. The van der Waals surface area contributed by atoms with Crippen molar-refractivity contribution in [1.82, 2.24) is 0 Å². The van der Waals surface area contributed by atoms with Crippen molar-refractivity contribution in [3.05, 3.63) is 194 Å². The van der Waals surface area contributed by atoms with Crippen LogP contribution in [0.15, 0.2) is 194 Å². The van der Waals surface area contributed by atoms with Crippen molar-refractivity contribution in [2.75, 3.05) is 20.0 Å². The van der Waals surface area contributed by atoms with Crippen LogP contribution in [0.3, 0.4) is 0 Å². The van der Waals surface area contributed by atoms with E-state index in [9.17, 15) is 0 Å². The van der Waals surface area contributed by atoms with E-state index >= 15 is 0 Å². The average Bonchev–Trinajstić information content (AvgIpc) is 4.22. The van der Waals surface area contributed by atoms with Gasteiger partial charge in [0, 0.05) is 83.0 Å². The molecule has 0 spiro atoms. The Balaban J connectivity index is 0.000000319. The molecule has 4 fully saturated rings. The molecular formula is C72H104Au3P6+6. The van der Waals surface area contributed by atoms with E-state index in [0.717, 1.165) is 45.3 Å². The van der Waals surface area contributed by atoms with Gasteiger partial charge in [-0.25, -0.2) is 0 Å². The standard InChI is InChI=1S/C31H27P2.2C19H31P2.3CH4.3Au/c1-33(28-20-10-4-11-21-28,29-22-12-5-13-23-29)31-25-15-14-24-30(31)32(26-16-6-2-7-17-26)27-18-8-3-9-19-27;2*1-14-10-11-15(2)20(14)18-8-6-7-9-19(18)21(5)16(3)12-13-17(21)4;;;;;;/h2-25H,1H3;2*6-9,14-17H,10-13H2,1-5H3;3*1H4;;;/q3*+1;;;;;;/p+3/t;2*14-,15-,16-,17-;;;;;;/m.10....../s1. The van der Waals surface area contributed by atoms with Crippen molar-refractivity contribution >= 4 is 98.6 Å². The number of hydrogen-bond acceptors (Lipinski definition) is 0. The summed E-state index contributed by atoms with van der Waals surface area (Å²) in [5.74, 6) is 0. The summed E-state index contributed by atoms with van der Waals surface area (Å²) in [6, 6.07) is 72.9. The topological polar surface area (TPSA) is 0 Å². The molecule has 4 aliphatic heterocycles. The summed E-state index contributed by atoms with van der Waals surface area (Å²) in [5, 5.41) is 16.0. The van der Waals surface area contributed by atoms with E-state index in [0.29, 0.717) is 0 Å². The Morgan fingerprint density at radius 2 is 0.630 bits per heavy atom. The van der Waals surface area contributed by atoms with Gasteiger partial charge in [-0.1, -0.05) is 131 Å². The van der Waals surface area contributed by atoms with Gasteiger partial charge in [0.05, 0.1) is 79.8 Å². The minimum atomic E-state index is -1.83. The van der Waals surface area contributed by atoms with Gasteiger partial charge in [0.2, 0.25) is 0 Å².